The standard InChI is InChI=1S/C26H33N3O3S/c1-5-12-33(32)13-11-18-14-21-23(15-19(18)17-30)27-16-22(25(31)29-26(2,3)4)24(21)28-20-9-7-6-8-10-20/h6-10,14-16,30H,5,11-13,17H2,1-4H3,(H,27,28)(H,29,31). The predicted octanol–water partition coefficient (Wildman–Crippen LogP) is 4.70. The Morgan fingerprint density at radius 1 is 1.09 bits per heavy atom. The normalized spacial score (nSPS) is 12.5. The minimum Gasteiger partial charge on any atom is -0.392 e. The lowest BCUT2D eigenvalue weighted by Gasteiger charge is -2.22. The molecule has 0 aliphatic rings. The van der Waals surface area contributed by atoms with Gasteiger partial charge in [-0.25, -0.2) is 0 Å². The van der Waals surface area contributed by atoms with Crippen molar-refractivity contribution in [2.75, 3.05) is 16.8 Å². The molecule has 0 saturated carbocycles. The van der Waals surface area contributed by atoms with Crippen LogP contribution in [-0.4, -0.2) is 37.3 Å². The zero-order valence-electron chi connectivity index (χ0n) is 19.8. The molecule has 0 aliphatic carbocycles. The van der Waals surface area contributed by atoms with Crippen LogP contribution in [0.2, 0.25) is 0 Å². The van der Waals surface area contributed by atoms with Gasteiger partial charge in [-0.1, -0.05) is 25.1 Å². The molecule has 1 aromatic heterocycles. The molecule has 0 saturated heterocycles. The molecule has 3 rings (SSSR count). The minimum atomic E-state index is -0.901. The van der Waals surface area contributed by atoms with Gasteiger partial charge in [0, 0.05) is 45.1 Å². The second-order valence-electron chi connectivity index (χ2n) is 9.14. The Bertz CT molecular complexity index is 1140. The van der Waals surface area contributed by atoms with E-state index < -0.39 is 16.3 Å². The van der Waals surface area contributed by atoms with Crippen LogP contribution in [0.1, 0.15) is 55.6 Å². The number of pyridine rings is 1. The summed E-state index contributed by atoms with van der Waals surface area (Å²) in [7, 11) is -0.901. The molecule has 3 aromatic rings. The fourth-order valence-corrected chi connectivity index (χ4v) is 4.75. The quantitative estimate of drug-likeness (QED) is 0.424. The first kappa shape index (κ1) is 24.9. The fraction of sp³-hybridized carbons (Fsp3) is 0.385. The van der Waals surface area contributed by atoms with Crippen LogP contribution in [-0.2, 0) is 23.8 Å². The second-order valence-corrected chi connectivity index (χ2v) is 10.8. The first-order valence-corrected chi connectivity index (χ1v) is 12.8. The van der Waals surface area contributed by atoms with Crippen LogP contribution in [0.25, 0.3) is 10.9 Å². The molecule has 1 amide bonds. The van der Waals surface area contributed by atoms with E-state index >= 15 is 0 Å². The Balaban J connectivity index is 2.13. The molecule has 3 N–H and O–H groups in total. The number of aliphatic hydroxyl groups excluding tert-OH is 1. The van der Waals surface area contributed by atoms with Crippen molar-refractivity contribution >= 4 is 39.0 Å². The van der Waals surface area contributed by atoms with E-state index in [1.807, 2.05) is 70.2 Å². The van der Waals surface area contributed by atoms with E-state index in [0.29, 0.717) is 34.7 Å². The second kappa shape index (κ2) is 10.9. The van der Waals surface area contributed by atoms with Crippen molar-refractivity contribution in [2.45, 2.75) is 52.7 Å². The average Bonchev–Trinajstić information content (AvgIpc) is 2.77. The molecule has 0 spiro atoms. The Hall–Kier alpha value is -2.77. The largest absolute Gasteiger partial charge is 0.392 e. The summed E-state index contributed by atoms with van der Waals surface area (Å²) in [5.74, 6) is 0.986. The summed E-state index contributed by atoms with van der Waals surface area (Å²) in [6, 6.07) is 13.5. The van der Waals surface area contributed by atoms with Crippen molar-refractivity contribution in [1.82, 2.24) is 10.3 Å². The number of amides is 1. The number of carbonyl (C=O) groups is 1. The van der Waals surface area contributed by atoms with Gasteiger partial charge in [0.1, 0.15) is 0 Å². The first-order valence-electron chi connectivity index (χ1n) is 11.3. The molecular weight excluding hydrogens is 434 g/mol. The third-order valence-corrected chi connectivity index (χ3v) is 6.69. The summed E-state index contributed by atoms with van der Waals surface area (Å²) in [5, 5.41) is 17.2. The number of hydrogen-bond donors (Lipinski definition) is 3. The maximum Gasteiger partial charge on any atom is 0.255 e. The number of para-hydroxylation sites is 1. The number of fused-ring (bicyclic) bond motifs is 1. The number of carbonyl (C=O) groups excluding carboxylic acids is 1. The van der Waals surface area contributed by atoms with E-state index in [1.54, 1.807) is 6.20 Å². The maximum atomic E-state index is 13.1. The Labute approximate surface area is 198 Å². The lowest BCUT2D eigenvalue weighted by atomic mass is 9.99. The number of aliphatic hydroxyl groups is 1. The highest BCUT2D eigenvalue weighted by molar-refractivity contribution is 7.84. The summed E-state index contributed by atoms with van der Waals surface area (Å²) in [6.45, 7) is 7.70. The first-order chi connectivity index (χ1) is 15.7. The number of rotatable bonds is 9. The Kier molecular flexibility index (Phi) is 8.21. The lowest BCUT2D eigenvalue weighted by Crippen LogP contribution is -2.40. The summed E-state index contributed by atoms with van der Waals surface area (Å²) >= 11 is 0. The van der Waals surface area contributed by atoms with Crippen molar-refractivity contribution < 1.29 is 14.1 Å². The third kappa shape index (κ3) is 6.62. The van der Waals surface area contributed by atoms with Gasteiger partial charge in [-0.3, -0.25) is 14.0 Å². The molecule has 1 unspecified atom stereocenters. The van der Waals surface area contributed by atoms with E-state index in [9.17, 15) is 14.1 Å². The topological polar surface area (TPSA) is 91.3 Å². The number of nitrogens with zero attached hydrogens (tertiary/aromatic N) is 1. The molecule has 0 bridgehead atoms. The van der Waals surface area contributed by atoms with E-state index in [4.69, 9.17) is 0 Å². The third-order valence-electron chi connectivity index (χ3n) is 5.17. The van der Waals surface area contributed by atoms with Crippen LogP contribution in [0.5, 0.6) is 0 Å². The van der Waals surface area contributed by atoms with Crippen LogP contribution in [0.15, 0.2) is 48.7 Å². The summed E-state index contributed by atoms with van der Waals surface area (Å²) in [5.41, 5.74) is 3.93. The molecule has 0 fully saturated rings. The number of hydrogen-bond acceptors (Lipinski definition) is 5. The molecule has 176 valence electrons. The smallest absolute Gasteiger partial charge is 0.255 e. The van der Waals surface area contributed by atoms with Crippen LogP contribution in [0, 0.1) is 0 Å². The summed E-state index contributed by atoms with van der Waals surface area (Å²) in [6.07, 6.45) is 3.03. The monoisotopic (exact) mass is 467 g/mol. The van der Waals surface area contributed by atoms with Crippen LogP contribution in [0.3, 0.4) is 0 Å². The molecule has 33 heavy (non-hydrogen) atoms. The van der Waals surface area contributed by atoms with Crippen LogP contribution < -0.4 is 10.6 Å². The number of aromatic nitrogens is 1. The molecule has 1 atom stereocenters. The van der Waals surface area contributed by atoms with Crippen molar-refractivity contribution in [1.29, 1.82) is 0 Å². The van der Waals surface area contributed by atoms with E-state index in [-0.39, 0.29) is 12.5 Å². The molecule has 0 aliphatic heterocycles. The van der Waals surface area contributed by atoms with Crippen LogP contribution >= 0.6 is 0 Å². The van der Waals surface area contributed by atoms with Gasteiger partial charge in [0.05, 0.1) is 23.4 Å². The SMILES string of the molecule is CCCS(=O)CCc1cc2c(Nc3ccccc3)c(C(=O)NC(C)(C)C)cnc2cc1CO. The maximum absolute atomic E-state index is 13.1. The van der Waals surface area contributed by atoms with Gasteiger partial charge in [0.15, 0.2) is 0 Å². The Morgan fingerprint density at radius 3 is 2.45 bits per heavy atom. The van der Waals surface area contributed by atoms with Gasteiger partial charge in [-0.2, -0.15) is 0 Å². The van der Waals surface area contributed by atoms with E-state index in [1.165, 1.54) is 0 Å². The Morgan fingerprint density at radius 2 is 1.82 bits per heavy atom. The highest BCUT2D eigenvalue weighted by atomic mass is 32.2. The van der Waals surface area contributed by atoms with Crippen molar-refractivity contribution in [3.05, 3.63) is 65.4 Å². The van der Waals surface area contributed by atoms with E-state index in [0.717, 1.165) is 28.6 Å². The number of nitrogens with one attached hydrogen (secondary N) is 2. The minimum absolute atomic E-state index is 0.124. The molecule has 7 heteroatoms. The fourth-order valence-electron chi connectivity index (χ4n) is 3.64. The number of anilines is 2. The lowest BCUT2D eigenvalue weighted by molar-refractivity contribution is 0.0920. The molecule has 0 radical (unpaired) electrons. The predicted molar refractivity (Wildman–Crippen MR) is 136 cm³/mol. The molecular formula is C26H33N3O3S. The van der Waals surface area contributed by atoms with Crippen molar-refractivity contribution in [3.63, 3.8) is 0 Å². The molecule has 6 nitrogen and oxygen atoms in total. The zero-order chi connectivity index (χ0) is 24.0. The number of aryl methyl sites for hydroxylation is 1. The van der Waals surface area contributed by atoms with Crippen molar-refractivity contribution in [3.8, 4) is 0 Å². The molecule has 2 aromatic carbocycles. The van der Waals surface area contributed by atoms with Gasteiger partial charge in [0.2, 0.25) is 0 Å². The highest BCUT2D eigenvalue weighted by Gasteiger charge is 2.21. The van der Waals surface area contributed by atoms with Gasteiger partial charge >= 0.3 is 0 Å². The van der Waals surface area contributed by atoms with Gasteiger partial charge in [-0.05, 0) is 69.0 Å². The van der Waals surface area contributed by atoms with Gasteiger partial charge in [-0.15, -0.1) is 0 Å². The average molecular weight is 468 g/mol. The summed E-state index contributed by atoms with van der Waals surface area (Å²) < 4.78 is 12.2. The van der Waals surface area contributed by atoms with Gasteiger partial charge in [0.25, 0.3) is 5.91 Å². The zero-order valence-corrected chi connectivity index (χ0v) is 20.6. The number of benzene rings is 2. The van der Waals surface area contributed by atoms with E-state index in [2.05, 4.69) is 15.6 Å². The van der Waals surface area contributed by atoms with Gasteiger partial charge < -0.3 is 15.7 Å². The highest BCUT2D eigenvalue weighted by Crippen LogP contribution is 2.32. The van der Waals surface area contributed by atoms with Crippen molar-refractivity contribution in [2.24, 2.45) is 0 Å². The van der Waals surface area contributed by atoms with Crippen LogP contribution in [0.4, 0.5) is 11.4 Å². The molecule has 1 heterocycles. The summed E-state index contributed by atoms with van der Waals surface area (Å²) in [4.78, 5) is 17.7.